The van der Waals surface area contributed by atoms with Crippen LogP contribution in [-0.2, 0) is 28.8 Å². The van der Waals surface area contributed by atoms with Crippen LogP contribution in [0.15, 0.2) is 0 Å². The van der Waals surface area contributed by atoms with E-state index in [4.69, 9.17) is 4.74 Å². The molecule has 0 amide bonds. The predicted octanol–water partition coefficient (Wildman–Crippen LogP) is 5.24. The van der Waals surface area contributed by atoms with E-state index in [0.29, 0.717) is 18.8 Å². The Bertz CT molecular complexity index is 960. The average Bonchev–Trinajstić information content (AvgIpc) is 3.39. The summed E-state index contributed by atoms with van der Waals surface area (Å²) in [5.41, 5.74) is 3.37. The van der Waals surface area contributed by atoms with Gasteiger partial charge in [0.25, 0.3) is 0 Å². The highest BCUT2D eigenvalue weighted by molar-refractivity contribution is 6.04. The molecule has 0 N–H and O–H groups in total. The van der Waals surface area contributed by atoms with Crippen molar-refractivity contribution in [3.63, 3.8) is 0 Å². The fourth-order valence-corrected chi connectivity index (χ4v) is 6.34. The number of unbranched alkanes of at least 4 members (excludes halogenated alkanes) is 4. The summed E-state index contributed by atoms with van der Waals surface area (Å²) in [4.78, 5) is 42.0. The SMILES string of the molecule is CCCCCCCC(=O)OCCC(C)(C)C(=O)n1c2c(c3c1C[C@H]1CCN(C)C[C@@H]1C3=O)CCC2. The molecule has 2 aliphatic carbocycles. The van der Waals surface area contributed by atoms with Gasteiger partial charge in [0.1, 0.15) is 0 Å². The van der Waals surface area contributed by atoms with Crippen LogP contribution in [-0.4, -0.2) is 53.9 Å². The standard InChI is InChI=1S/C29H44N2O4/c1-5-6-7-8-9-13-25(32)35-17-15-29(2,3)28(34)31-23-12-10-11-21(23)26-24(31)18-20-14-16-30(4)19-22(20)27(26)33/h20,22H,5-19H2,1-4H3/t20-,22+/m1/s1. The number of likely N-dealkylation sites (tertiary alicyclic amines) is 1. The van der Waals surface area contributed by atoms with E-state index in [0.717, 1.165) is 87.0 Å². The largest absolute Gasteiger partial charge is 0.466 e. The third-order valence-corrected chi connectivity index (χ3v) is 8.57. The van der Waals surface area contributed by atoms with Crippen molar-refractivity contribution in [1.82, 2.24) is 9.47 Å². The van der Waals surface area contributed by atoms with E-state index in [1.165, 1.54) is 12.8 Å². The summed E-state index contributed by atoms with van der Waals surface area (Å²) in [6.07, 6.45) is 11.0. The molecule has 0 bridgehead atoms. The molecule has 3 aliphatic rings. The molecule has 6 nitrogen and oxygen atoms in total. The van der Waals surface area contributed by atoms with Crippen LogP contribution in [0.3, 0.4) is 0 Å². The topological polar surface area (TPSA) is 68.6 Å². The molecular weight excluding hydrogens is 440 g/mol. The van der Waals surface area contributed by atoms with Crippen molar-refractivity contribution in [2.24, 2.45) is 17.3 Å². The number of aromatic nitrogens is 1. The van der Waals surface area contributed by atoms with E-state index in [2.05, 4.69) is 18.9 Å². The van der Waals surface area contributed by atoms with E-state index in [1.54, 1.807) is 0 Å². The summed E-state index contributed by atoms with van der Waals surface area (Å²) < 4.78 is 7.43. The molecule has 0 unspecified atom stereocenters. The van der Waals surface area contributed by atoms with Crippen LogP contribution >= 0.6 is 0 Å². The number of hydrogen-bond acceptors (Lipinski definition) is 5. The number of Topliss-reactive ketones (excluding diaryl/α,β-unsaturated/α-hetero) is 1. The highest BCUT2D eigenvalue weighted by atomic mass is 16.5. The minimum atomic E-state index is -0.669. The maximum atomic E-state index is 13.9. The van der Waals surface area contributed by atoms with Crippen LogP contribution in [0.1, 0.15) is 111 Å². The molecule has 1 aliphatic heterocycles. The Balaban J connectivity index is 1.44. The normalized spacial score (nSPS) is 22.0. The molecule has 0 radical (unpaired) electrons. The first-order valence-corrected chi connectivity index (χ1v) is 13.9. The smallest absolute Gasteiger partial charge is 0.305 e. The molecule has 4 rings (SSSR count). The average molecular weight is 485 g/mol. The van der Waals surface area contributed by atoms with E-state index in [1.807, 2.05) is 18.4 Å². The number of carbonyl (C=O) groups is 3. The second kappa shape index (κ2) is 11.0. The third kappa shape index (κ3) is 5.42. The lowest BCUT2D eigenvalue weighted by atomic mass is 9.72. The molecule has 1 aromatic rings. The zero-order valence-electron chi connectivity index (χ0n) is 22.3. The Kier molecular flexibility index (Phi) is 8.19. The highest BCUT2D eigenvalue weighted by Crippen LogP contribution is 2.43. The van der Waals surface area contributed by atoms with Gasteiger partial charge in [0.15, 0.2) is 5.78 Å². The van der Waals surface area contributed by atoms with Gasteiger partial charge in [-0.3, -0.25) is 19.0 Å². The van der Waals surface area contributed by atoms with Gasteiger partial charge in [0.2, 0.25) is 5.91 Å². The van der Waals surface area contributed by atoms with Crippen LogP contribution in [0, 0.1) is 17.3 Å². The first kappa shape index (κ1) is 26.1. The summed E-state index contributed by atoms with van der Waals surface area (Å²) in [7, 11) is 2.10. The monoisotopic (exact) mass is 484 g/mol. The van der Waals surface area contributed by atoms with Crippen molar-refractivity contribution in [2.75, 3.05) is 26.7 Å². The van der Waals surface area contributed by atoms with Crippen LogP contribution in [0.4, 0.5) is 0 Å². The second-order valence-corrected chi connectivity index (χ2v) is 11.7. The Morgan fingerprint density at radius 3 is 2.63 bits per heavy atom. The zero-order valence-corrected chi connectivity index (χ0v) is 22.3. The molecule has 1 saturated heterocycles. The van der Waals surface area contributed by atoms with E-state index >= 15 is 0 Å². The van der Waals surface area contributed by atoms with Gasteiger partial charge in [-0.05, 0) is 70.0 Å². The maximum absolute atomic E-state index is 13.9. The molecule has 0 saturated carbocycles. The third-order valence-electron chi connectivity index (χ3n) is 8.57. The fraction of sp³-hybridized carbons (Fsp3) is 0.759. The molecule has 2 heterocycles. The van der Waals surface area contributed by atoms with E-state index in [-0.39, 0.29) is 30.2 Å². The number of hydrogen-bond donors (Lipinski definition) is 0. The second-order valence-electron chi connectivity index (χ2n) is 11.7. The summed E-state index contributed by atoms with van der Waals surface area (Å²) in [6.45, 7) is 8.17. The van der Waals surface area contributed by atoms with Gasteiger partial charge >= 0.3 is 5.97 Å². The van der Waals surface area contributed by atoms with Gasteiger partial charge < -0.3 is 9.64 Å². The number of ether oxygens (including phenoxy) is 1. The van der Waals surface area contributed by atoms with E-state index in [9.17, 15) is 14.4 Å². The van der Waals surface area contributed by atoms with Crippen LogP contribution in [0.5, 0.6) is 0 Å². The summed E-state index contributed by atoms with van der Waals surface area (Å²) >= 11 is 0. The van der Waals surface area contributed by atoms with Gasteiger partial charge in [-0.2, -0.15) is 0 Å². The van der Waals surface area contributed by atoms with E-state index < -0.39 is 5.41 Å². The van der Waals surface area contributed by atoms with Crippen LogP contribution in [0.25, 0.3) is 0 Å². The lowest BCUT2D eigenvalue weighted by molar-refractivity contribution is -0.144. The van der Waals surface area contributed by atoms with Gasteiger partial charge in [-0.1, -0.05) is 46.5 Å². The van der Waals surface area contributed by atoms with Crippen molar-refractivity contribution in [2.45, 2.75) is 97.8 Å². The zero-order chi connectivity index (χ0) is 25.2. The quantitative estimate of drug-likeness (QED) is 0.335. The number of rotatable bonds is 10. The van der Waals surface area contributed by atoms with Crippen molar-refractivity contribution < 1.29 is 19.1 Å². The minimum Gasteiger partial charge on any atom is -0.466 e. The summed E-state index contributed by atoms with van der Waals surface area (Å²) in [5, 5.41) is 0. The lowest BCUT2D eigenvalue weighted by Crippen LogP contribution is -2.46. The first-order valence-electron chi connectivity index (χ1n) is 13.9. The van der Waals surface area contributed by atoms with Gasteiger partial charge in [0, 0.05) is 41.2 Å². The van der Waals surface area contributed by atoms with Gasteiger partial charge in [-0.25, -0.2) is 0 Å². The summed E-state index contributed by atoms with van der Waals surface area (Å²) in [6, 6.07) is 0. The molecular formula is C29H44N2O4. The van der Waals surface area contributed by atoms with Crippen LogP contribution < -0.4 is 0 Å². The number of piperidine rings is 1. The maximum Gasteiger partial charge on any atom is 0.305 e. The van der Waals surface area contributed by atoms with Crippen LogP contribution in [0.2, 0.25) is 0 Å². The van der Waals surface area contributed by atoms with Gasteiger partial charge in [0.05, 0.1) is 6.61 Å². The minimum absolute atomic E-state index is 0.0479. The molecule has 0 aromatic carbocycles. The number of ketones is 1. The molecule has 0 spiro atoms. The highest BCUT2D eigenvalue weighted by Gasteiger charge is 2.45. The van der Waals surface area contributed by atoms with Crippen molar-refractivity contribution in [1.29, 1.82) is 0 Å². The molecule has 1 aromatic heterocycles. The summed E-state index contributed by atoms with van der Waals surface area (Å²) in [5.74, 6) is 0.535. The number of fused-ring (bicyclic) bond motifs is 4. The first-order chi connectivity index (χ1) is 16.7. The fourth-order valence-electron chi connectivity index (χ4n) is 6.34. The Hall–Kier alpha value is -1.95. The predicted molar refractivity (Wildman–Crippen MR) is 137 cm³/mol. The molecule has 6 heteroatoms. The van der Waals surface area contributed by atoms with Gasteiger partial charge in [-0.15, -0.1) is 0 Å². The number of esters is 1. The van der Waals surface area contributed by atoms with Crippen molar-refractivity contribution >= 4 is 17.7 Å². The Labute approximate surface area is 210 Å². The molecule has 1 fully saturated rings. The number of nitrogens with zero attached hydrogens (tertiary/aromatic N) is 2. The number of carbonyl (C=O) groups excluding carboxylic acids is 3. The molecule has 2 atom stereocenters. The van der Waals surface area contributed by atoms with Crippen molar-refractivity contribution in [3.05, 3.63) is 22.5 Å². The van der Waals surface area contributed by atoms with Crippen molar-refractivity contribution in [3.8, 4) is 0 Å². The molecule has 35 heavy (non-hydrogen) atoms. The molecule has 194 valence electrons. The lowest BCUT2D eigenvalue weighted by Gasteiger charge is -2.39. The Morgan fingerprint density at radius 2 is 1.86 bits per heavy atom. The Morgan fingerprint density at radius 1 is 1.09 bits per heavy atom.